The zero-order valence-corrected chi connectivity index (χ0v) is 14.6. The first-order chi connectivity index (χ1) is 11.1. The molecule has 0 radical (unpaired) electrons. The minimum absolute atomic E-state index is 0.514. The fourth-order valence-electron chi connectivity index (χ4n) is 2.61. The Bertz CT molecular complexity index is 668. The summed E-state index contributed by atoms with van der Waals surface area (Å²) >= 11 is 12.0. The van der Waals surface area contributed by atoms with Crippen LogP contribution < -0.4 is 10.1 Å². The zero-order chi connectivity index (χ0) is 16.2. The second-order valence-electron chi connectivity index (χ2n) is 5.57. The van der Waals surface area contributed by atoms with Crippen LogP contribution in [0.15, 0.2) is 24.3 Å². The SMILES string of the molecule is Cc1cc(OCCN2CCNCC2)nn1-c1ccc(Cl)c(Cl)c1. The number of benzene rings is 1. The van der Waals surface area contributed by atoms with E-state index in [9.17, 15) is 0 Å². The molecular weight excluding hydrogens is 335 g/mol. The van der Waals surface area contributed by atoms with Crippen LogP contribution in [-0.2, 0) is 0 Å². The maximum absolute atomic E-state index is 6.08. The van der Waals surface area contributed by atoms with Crippen molar-refractivity contribution < 1.29 is 4.74 Å². The summed E-state index contributed by atoms with van der Waals surface area (Å²) in [7, 11) is 0. The second kappa shape index (κ2) is 7.53. The van der Waals surface area contributed by atoms with E-state index in [1.165, 1.54) is 0 Å². The minimum atomic E-state index is 0.514. The monoisotopic (exact) mass is 354 g/mol. The van der Waals surface area contributed by atoms with Gasteiger partial charge in [0.25, 0.3) is 0 Å². The van der Waals surface area contributed by atoms with Crippen molar-refractivity contribution in [2.75, 3.05) is 39.3 Å². The maximum atomic E-state index is 6.08. The summed E-state index contributed by atoms with van der Waals surface area (Å²) in [6.07, 6.45) is 0. The summed E-state index contributed by atoms with van der Waals surface area (Å²) in [6, 6.07) is 7.39. The number of aryl methyl sites for hydroxylation is 1. The Balaban J connectivity index is 1.62. The first kappa shape index (κ1) is 16.6. The topological polar surface area (TPSA) is 42.3 Å². The molecule has 1 saturated heterocycles. The van der Waals surface area contributed by atoms with Crippen LogP contribution in [0.25, 0.3) is 5.69 Å². The highest BCUT2D eigenvalue weighted by atomic mass is 35.5. The molecule has 0 aliphatic carbocycles. The van der Waals surface area contributed by atoms with Crippen LogP contribution in [0.3, 0.4) is 0 Å². The van der Waals surface area contributed by atoms with Crippen LogP contribution in [0.2, 0.25) is 10.0 Å². The zero-order valence-electron chi connectivity index (χ0n) is 13.1. The van der Waals surface area contributed by atoms with Crippen molar-refractivity contribution in [3.8, 4) is 11.6 Å². The first-order valence-corrected chi connectivity index (χ1v) is 8.47. The molecule has 1 aromatic carbocycles. The molecule has 2 aromatic rings. The van der Waals surface area contributed by atoms with Crippen LogP contribution in [0.4, 0.5) is 0 Å². The summed E-state index contributed by atoms with van der Waals surface area (Å²) in [5.41, 5.74) is 1.86. The van der Waals surface area contributed by atoms with Crippen LogP contribution in [0.1, 0.15) is 5.69 Å². The predicted octanol–water partition coefficient (Wildman–Crippen LogP) is 2.77. The number of rotatable bonds is 5. The van der Waals surface area contributed by atoms with Gasteiger partial charge in [0.15, 0.2) is 0 Å². The van der Waals surface area contributed by atoms with Crippen molar-refractivity contribution in [3.05, 3.63) is 40.0 Å². The number of hydrogen-bond acceptors (Lipinski definition) is 4. The number of halogens is 2. The predicted molar refractivity (Wildman–Crippen MR) is 93.1 cm³/mol. The smallest absolute Gasteiger partial charge is 0.233 e. The van der Waals surface area contributed by atoms with Gasteiger partial charge in [-0.15, -0.1) is 5.10 Å². The number of nitrogens with zero attached hydrogens (tertiary/aromatic N) is 3. The van der Waals surface area contributed by atoms with Gasteiger partial charge < -0.3 is 10.1 Å². The van der Waals surface area contributed by atoms with Gasteiger partial charge in [0.1, 0.15) is 6.61 Å². The van der Waals surface area contributed by atoms with Crippen molar-refractivity contribution in [1.82, 2.24) is 20.0 Å². The van der Waals surface area contributed by atoms with E-state index < -0.39 is 0 Å². The standard InChI is InChI=1S/C16H20Cl2N4O/c1-12-10-16(23-9-8-21-6-4-19-5-7-21)20-22(12)13-2-3-14(17)15(18)11-13/h2-3,10-11,19H,4-9H2,1H3. The average molecular weight is 355 g/mol. The van der Waals surface area contributed by atoms with Crippen LogP contribution in [-0.4, -0.2) is 54.0 Å². The molecule has 0 bridgehead atoms. The van der Waals surface area contributed by atoms with E-state index in [1.807, 2.05) is 23.7 Å². The van der Waals surface area contributed by atoms with E-state index in [2.05, 4.69) is 15.3 Å². The van der Waals surface area contributed by atoms with E-state index in [0.717, 1.165) is 44.1 Å². The molecule has 2 heterocycles. The van der Waals surface area contributed by atoms with E-state index in [4.69, 9.17) is 27.9 Å². The number of hydrogen-bond donors (Lipinski definition) is 1. The van der Waals surface area contributed by atoms with Crippen LogP contribution in [0.5, 0.6) is 5.88 Å². The Morgan fingerprint density at radius 2 is 1.96 bits per heavy atom. The molecule has 1 aromatic heterocycles. The molecule has 5 nitrogen and oxygen atoms in total. The summed E-state index contributed by atoms with van der Waals surface area (Å²) in [5.74, 6) is 0.628. The fourth-order valence-corrected chi connectivity index (χ4v) is 2.90. The van der Waals surface area contributed by atoms with E-state index in [1.54, 1.807) is 12.1 Å². The Morgan fingerprint density at radius 3 is 2.70 bits per heavy atom. The van der Waals surface area contributed by atoms with Crippen molar-refractivity contribution >= 4 is 23.2 Å². The molecular formula is C16H20Cl2N4O. The van der Waals surface area contributed by atoms with Crippen molar-refractivity contribution in [2.24, 2.45) is 0 Å². The normalized spacial score (nSPS) is 15.8. The summed E-state index contributed by atoms with van der Waals surface area (Å²) in [6.45, 7) is 7.77. The third-order valence-electron chi connectivity index (χ3n) is 3.88. The third kappa shape index (κ3) is 4.18. The molecule has 1 aliphatic rings. The highest BCUT2D eigenvalue weighted by molar-refractivity contribution is 6.42. The highest BCUT2D eigenvalue weighted by Gasteiger charge is 2.11. The van der Waals surface area contributed by atoms with Crippen molar-refractivity contribution in [3.63, 3.8) is 0 Å². The van der Waals surface area contributed by atoms with Gasteiger partial charge in [-0.2, -0.15) is 0 Å². The van der Waals surface area contributed by atoms with Gasteiger partial charge in [0.05, 0.1) is 15.7 Å². The summed E-state index contributed by atoms with van der Waals surface area (Å²) < 4.78 is 7.60. The maximum Gasteiger partial charge on any atom is 0.233 e. The Labute approximate surface area is 146 Å². The lowest BCUT2D eigenvalue weighted by molar-refractivity contribution is 0.188. The number of nitrogens with one attached hydrogen (secondary N) is 1. The quantitative estimate of drug-likeness (QED) is 0.896. The molecule has 0 spiro atoms. The molecule has 1 fully saturated rings. The molecule has 0 unspecified atom stereocenters. The third-order valence-corrected chi connectivity index (χ3v) is 4.62. The second-order valence-corrected chi connectivity index (χ2v) is 6.39. The minimum Gasteiger partial charge on any atom is -0.475 e. The van der Waals surface area contributed by atoms with Gasteiger partial charge in [-0.1, -0.05) is 23.2 Å². The molecule has 124 valence electrons. The molecule has 7 heteroatoms. The Morgan fingerprint density at radius 1 is 1.17 bits per heavy atom. The lowest BCUT2D eigenvalue weighted by Crippen LogP contribution is -2.44. The van der Waals surface area contributed by atoms with E-state index in [0.29, 0.717) is 22.5 Å². The van der Waals surface area contributed by atoms with Crippen molar-refractivity contribution in [1.29, 1.82) is 0 Å². The largest absolute Gasteiger partial charge is 0.475 e. The van der Waals surface area contributed by atoms with Gasteiger partial charge in [0, 0.05) is 44.5 Å². The lowest BCUT2D eigenvalue weighted by atomic mass is 10.3. The lowest BCUT2D eigenvalue weighted by Gasteiger charge is -2.26. The average Bonchev–Trinajstić information content (AvgIpc) is 2.92. The van der Waals surface area contributed by atoms with Gasteiger partial charge in [0.2, 0.25) is 5.88 Å². The summed E-state index contributed by atoms with van der Waals surface area (Å²) in [4.78, 5) is 2.39. The van der Waals surface area contributed by atoms with Crippen LogP contribution in [0, 0.1) is 6.92 Å². The van der Waals surface area contributed by atoms with Gasteiger partial charge >= 0.3 is 0 Å². The van der Waals surface area contributed by atoms with Gasteiger partial charge in [-0.3, -0.25) is 4.90 Å². The number of aromatic nitrogens is 2. The first-order valence-electron chi connectivity index (χ1n) is 7.71. The van der Waals surface area contributed by atoms with E-state index >= 15 is 0 Å². The number of piperazine rings is 1. The molecule has 0 saturated carbocycles. The highest BCUT2D eigenvalue weighted by Crippen LogP contribution is 2.25. The Hall–Kier alpha value is -1.27. The van der Waals surface area contributed by atoms with Crippen molar-refractivity contribution in [2.45, 2.75) is 6.92 Å². The Kier molecular flexibility index (Phi) is 5.43. The number of ether oxygens (including phenoxy) is 1. The molecule has 0 atom stereocenters. The fraction of sp³-hybridized carbons (Fsp3) is 0.438. The summed E-state index contributed by atoms with van der Waals surface area (Å²) in [5, 5.41) is 8.89. The molecule has 23 heavy (non-hydrogen) atoms. The van der Waals surface area contributed by atoms with Gasteiger partial charge in [-0.05, 0) is 25.1 Å². The molecule has 3 rings (SSSR count). The molecule has 0 amide bonds. The van der Waals surface area contributed by atoms with Crippen LogP contribution >= 0.6 is 23.2 Å². The molecule has 1 aliphatic heterocycles. The molecule has 1 N–H and O–H groups in total. The van der Waals surface area contributed by atoms with Gasteiger partial charge in [-0.25, -0.2) is 4.68 Å². The van der Waals surface area contributed by atoms with E-state index in [-0.39, 0.29) is 0 Å².